The molecule has 23 heavy (non-hydrogen) atoms. The average molecular weight is 298 g/mol. The Balaban J connectivity index is 1.82. The zero-order valence-corrected chi connectivity index (χ0v) is 12.7. The smallest absolute Gasteiger partial charge is 0.178 e. The zero-order valence-electron chi connectivity index (χ0n) is 12.7. The molecule has 5 rings (SSSR count). The largest absolute Gasteiger partial charge is 0.449 e. The van der Waals surface area contributed by atoms with E-state index >= 15 is 0 Å². The summed E-state index contributed by atoms with van der Waals surface area (Å²) in [6.45, 7) is 2.10. The number of fused-ring (bicyclic) bond motifs is 6. The highest BCUT2D eigenvalue weighted by molar-refractivity contribution is 5.97. The highest BCUT2D eigenvalue weighted by atomic mass is 16.6. The van der Waals surface area contributed by atoms with Gasteiger partial charge in [-0.1, -0.05) is 54.6 Å². The Morgan fingerprint density at radius 3 is 2.17 bits per heavy atom. The van der Waals surface area contributed by atoms with Gasteiger partial charge in [0.2, 0.25) is 0 Å². The number of hydrogen-bond acceptors (Lipinski definition) is 2. The summed E-state index contributed by atoms with van der Waals surface area (Å²) in [5, 5.41) is 4.50. The van der Waals surface area contributed by atoms with Gasteiger partial charge in [-0.05, 0) is 35.4 Å². The maximum Gasteiger partial charge on any atom is 0.178 e. The van der Waals surface area contributed by atoms with Crippen LogP contribution in [0.4, 0.5) is 0 Å². The molecule has 2 heteroatoms. The summed E-state index contributed by atoms with van der Waals surface area (Å²) >= 11 is 0. The lowest BCUT2D eigenvalue weighted by Crippen LogP contribution is -2.01. The van der Waals surface area contributed by atoms with E-state index in [1.165, 1.54) is 10.9 Å². The Bertz CT molecular complexity index is 1080. The molecule has 0 bridgehead atoms. The van der Waals surface area contributed by atoms with E-state index in [2.05, 4.69) is 49.4 Å². The highest BCUT2D eigenvalue weighted by Gasteiger charge is 2.23. The molecule has 4 aromatic rings. The number of ether oxygens (including phenoxy) is 2. The van der Waals surface area contributed by atoms with Crippen molar-refractivity contribution < 1.29 is 9.47 Å². The van der Waals surface area contributed by atoms with Gasteiger partial charge in [-0.25, -0.2) is 0 Å². The molecule has 0 atom stereocenters. The number of hydrogen-bond donors (Lipinski definition) is 0. The second-order valence-electron chi connectivity index (χ2n) is 5.88. The molecule has 0 saturated heterocycles. The number of benzene rings is 4. The molecule has 0 saturated carbocycles. The van der Waals surface area contributed by atoms with E-state index in [0.29, 0.717) is 0 Å². The van der Waals surface area contributed by atoms with Crippen molar-refractivity contribution in [2.75, 3.05) is 0 Å². The summed E-state index contributed by atoms with van der Waals surface area (Å²) in [5.41, 5.74) is 1.19. The van der Waals surface area contributed by atoms with Gasteiger partial charge in [0.15, 0.2) is 23.0 Å². The van der Waals surface area contributed by atoms with Crippen LogP contribution >= 0.6 is 0 Å². The maximum absolute atomic E-state index is 6.33. The summed E-state index contributed by atoms with van der Waals surface area (Å²) in [6, 6.07) is 22.6. The summed E-state index contributed by atoms with van der Waals surface area (Å²) in [5.74, 6) is 3.15. The van der Waals surface area contributed by atoms with E-state index in [1.807, 2.05) is 24.3 Å². The van der Waals surface area contributed by atoms with Gasteiger partial charge >= 0.3 is 0 Å². The van der Waals surface area contributed by atoms with Gasteiger partial charge in [0.25, 0.3) is 0 Å². The molecule has 1 aliphatic heterocycles. The zero-order chi connectivity index (χ0) is 15.4. The Morgan fingerprint density at radius 2 is 1.30 bits per heavy atom. The molecule has 1 aliphatic rings. The van der Waals surface area contributed by atoms with Gasteiger partial charge in [0, 0.05) is 10.8 Å². The maximum atomic E-state index is 6.33. The predicted molar refractivity (Wildman–Crippen MR) is 92.8 cm³/mol. The van der Waals surface area contributed by atoms with Crippen molar-refractivity contribution in [3.05, 3.63) is 72.3 Å². The Kier molecular flexibility index (Phi) is 2.45. The van der Waals surface area contributed by atoms with Crippen LogP contribution in [0, 0.1) is 6.92 Å². The minimum absolute atomic E-state index is 0.769. The lowest BCUT2D eigenvalue weighted by Gasteiger charge is -2.24. The molecule has 0 radical (unpaired) electrons. The lowest BCUT2D eigenvalue weighted by molar-refractivity contribution is 0.366. The van der Waals surface area contributed by atoms with Crippen LogP contribution in [0.15, 0.2) is 66.7 Å². The van der Waals surface area contributed by atoms with Gasteiger partial charge in [-0.3, -0.25) is 0 Å². The molecule has 4 aromatic carbocycles. The second kappa shape index (κ2) is 4.50. The molecule has 0 N–H and O–H groups in total. The molecule has 0 spiro atoms. The monoisotopic (exact) mass is 298 g/mol. The van der Waals surface area contributed by atoms with Crippen molar-refractivity contribution in [1.82, 2.24) is 0 Å². The van der Waals surface area contributed by atoms with E-state index in [0.717, 1.165) is 39.2 Å². The first-order chi connectivity index (χ1) is 11.3. The van der Waals surface area contributed by atoms with Crippen LogP contribution in [0.5, 0.6) is 23.0 Å². The van der Waals surface area contributed by atoms with E-state index in [4.69, 9.17) is 9.47 Å². The van der Waals surface area contributed by atoms with Crippen molar-refractivity contribution >= 4 is 21.5 Å². The van der Waals surface area contributed by atoms with Crippen molar-refractivity contribution in [3.63, 3.8) is 0 Å². The van der Waals surface area contributed by atoms with E-state index < -0.39 is 0 Å². The summed E-state index contributed by atoms with van der Waals surface area (Å²) < 4.78 is 12.5. The lowest BCUT2D eigenvalue weighted by atomic mass is 10.0. The molecule has 0 unspecified atom stereocenters. The first-order valence-electron chi connectivity index (χ1n) is 7.71. The molecule has 0 aromatic heterocycles. The molecule has 2 nitrogen and oxygen atoms in total. The minimum atomic E-state index is 0.769. The molecular weight excluding hydrogens is 284 g/mol. The summed E-state index contributed by atoms with van der Waals surface area (Å²) in [4.78, 5) is 0. The Labute approximate surface area is 133 Å². The first-order valence-corrected chi connectivity index (χ1v) is 7.71. The fourth-order valence-electron chi connectivity index (χ4n) is 3.31. The van der Waals surface area contributed by atoms with Crippen molar-refractivity contribution in [1.29, 1.82) is 0 Å². The SMILES string of the molecule is Cc1cc2c(c3ccccc13)Oc1c(ccc3ccccc13)O2. The molecular formula is C21H14O2. The van der Waals surface area contributed by atoms with Crippen LogP contribution in [-0.2, 0) is 0 Å². The second-order valence-corrected chi connectivity index (χ2v) is 5.88. The van der Waals surface area contributed by atoms with Crippen LogP contribution < -0.4 is 9.47 Å². The molecule has 0 fully saturated rings. The van der Waals surface area contributed by atoms with Crippen LogP contribution in [0.3, 0.4) is 0 Å². The van der Waals surface area contributed by atoms with Gasteiger partial charge in [0.1, 0.15) is 0 Å². The number of rotatable bonds is 0. The van der Waals surface area contributed by atoms with Gasteiger partial charge in [-0.2, -0.15) is 0 Å². The van der Waals surface area contributed by atoms with Gasteiger partial charge in [-0.15, -0.1) is 0 Å². The molecule has 0 aliphatic carbocycles. The Morgan fingerprint density at radius 1 is 0.609 bits per heavy atom. The normalized spacial score (nSPS) is 12.4. The minimum Gasteiger partial charge on any atom is -0.449 e. The standard InChI is InChI=1S/C21H14O2/c1-13-12-19-21(17-9-5-4-7-15(13)17)23-20-16-8-3-2-6-14(16)10-11-18(20)22-19/h2-12H,1H3. The molecule has 1 heterocycles. The topological polar surface area (TPSA) is 18.5 Å². The van der Waals surface area contributed by atoms with Gasteiger partial charge < -0.3 is 9.47 Å². The fourth-order valence-corrected chi connectivity index (χ4v) is 3.31. The highest BCUT2D eigenvalue weighted by Crippen LogP contribution is 2.51. The quantitative estimate of drug-likeness (QED) is 0.339. The van der Waals surface area contributed by atoms with Crippen LogP contribution in [-0.4, -0.2) is 0 Å². The average Bonchev–Trinajstić information content (AvgIpc) is 2.60. The molecule has 110 valence electrons. The molecule has 0 amide bonds. The first kappa shape index (κ1) is 12.5. The van der Waals surface area contributed by atoms with E-state index in [9.17, 15) is 0 Å². The van der Waals surface area contributed by atoms with Crippen molar-refractivity contribution in [3.8, 4) is 23.0 Å². The van der Waals surface area contributed by atoms with E-state index in [-0.39, 0.29) is 0 Å². The third-order valence-corrected chi connectivity index (χ3v) is 4.44. The third kappa shape index (κ3) is 1.75. The van der Waals surface area contributed by atoms with Crippen LogP contribution in [0.1, 0.15) is 5.56 Å². The van der Waals surface area contributed by atoms with Crippen molar-refractivity contribution in [2.45, 2.75) is 6.92 Å². The van der Waals surface area contributed by atoms with Gasteiger partial charge in [0.05, 0.1) is 0 Å². The summed E-state index contributed by atoms with van der Waals surface area (Å²) in [6.07, 6.45) is 0. The Hall–Kier alpha value is -3.00. The fraction of sp³-hybridized carbons (Fsp3) is 0.0476. The van der Waals surface area contributed by atoms with Crippen LogP contribution in [0.25, 0.3) is 21.5 Å². The van der Waals surface area contributed by atoms with E-state index in [1.54, 1.807) is 0 Å². The predicted octanol–water partition coefficient (Wildman–Crippen LogP) is 6.20. The third-order valence-electron chi connectivity index (χ3n) is 4.44. The number of aryl methyl sites for hydroxylation is 1. The van der Waals surface area contributed by atoms with Crippen molar-refractivity contribution in [2.24, 2.45) is 0 Å². The van der Waals surface area contributed by atoms with Crippen LogP contribution in [0.2, 0.25) is 0 Å². The summed E-state index contributed by atoms with van der Waals surface area (Å²) in [7, 11) is 0.